The van der Waals surface area contributed by atoms with Crippen molar-refractivity contribution in [3.63, 3.8) is 0 Å². The molecule has 7 nitrogen and oxygen atoms in total. The van der Waals surface area contributed by atoms with E-state index in [1.807, 2.05) is 30.3 Å². The minimum atomic E-state index is -0.399. The molecule has 3 aromatic rings. The van der Waals surface area contributed by atoms with Crippen LogP contribution in [0.3, 0.4) is 0 Å². The van der Waals surface area contributed by atoms with E-state index >= 15 is 0 Å². The predicted octanol–water partition coefficient (Wildman–Crippen LogP) is 3.15. The second kappa shape index (κ2) is 7.82. The molecule has 140 valence electrons. The van der Waals surface area contributed by atoms with Crippen LogP contribution in [0.15, 0.2) is 59.5 Å². The summed E-state index contributed by atoms with van der Waals surface area (Å²) < 4.78 is 23.3. The molecule has 2 N–H and O–H groups in total. The standard InChI is InChI=1S/C19H14FN5O2S/c20-12-5-7-14(8-6-12)25-17(9-13(10-21)23-25)22-18(26)11-27-19-15-3-1-2-4-16(15)28-24-19/h1-9,19,24H,11H2,(H,22,26). The number of nitrogens with zero attached hydrogens (tertiary/aromatic N) is 3. The fourth-order valence-electron chi connectivity index (χ4n) is 2.74. The molecule has 1 aromatic heterocycles. The average Bonchev–Trinajstić information content (AvgIpc) is 3.31. The Morgan fingerprint density at radius 3 is 2.89 bits per heavy atom. The number of carbonyl (C=O) groups is 1. The van der Waals surface area contributed by atoms with Crippen LogP contribution in [0, 0.1) is 17.1 Å². The first kappa shape index (κ1) is 18.2. The summed E-state index contributed by atoms with van der Waals surface area (Å²) in [4.78, 5) is 13.4. The van der Waals surface area contributed by atoms with Gasteiger partial charge in [0.15, 0.2) is 5.69 Å². The summed E-state index contributed by atoms with van der Waals surface area (Å²) in [6.07, 6.45) is -0.386. The van der Waals surface area contributed by atoms with Gasteiger partial charge in [-0.3, -0.25) is 4.79 Å². The normalized spacial score (nSPS) is 15.1. The van der Waals surface area contributed by atoms with Crippen LogP contribution >= 0.6 is 11.9 Å². The van der Waals surface area contributed by atoms with Gasteiger partial charge in [0, 0.05) is 16.5 Å². The highest BCUT2D eigenvalue weighted by Gasteiger charge is 2.24. The number of halogens is 1. The first-order valence-corrected chi connectivity index (χ1v) is 9.14. The zero-order valence-electron chi connectivity index (χ0n) is 14.4. The van der Waals surface area contributed by atoms with Crippen molar-refractivity contribution in [2.75, 3.05) is 11.9 Å². The van der Waals surface area contributed by atoms with Gasteiger partial charge in [0.2, 0.25) is 0 Å². The van der Waals surface area contributed by atoms with Gasteiger partial charge < -0.3 is 10.1 Å². The third-order valence-electron chi connectivity index (χ3n) is 4.02. The van der Waals surface area contributed by atoms with Crippen molar-refractivity contribution < 1.29 is 13.9 Å². The van der Waals surface area contributed by atoms with Gasteiger partial charge in [-0.15, -0.1) is 0 Å². The van der Waals surface area contributed by atoms with Crippen molar-refractivity contribution in [3.8, 4) is 11.8 Å². The van der Waals surface area contributed by atoms with E-state index in [0.29, 0.717) is 11.5 Å². The first-order chi connectivity index (χ1) is 13.6. The summed E-state index contributed by atoms with van der Waals surface area (Å²) in [5.41, 5.74) is 1.62. The van der Waals surface area contributed by atoms with Crippen LogP contribution in [0.4, 0.5) is 10.2 Å². The molecule has 2 heterocycles. The number of hydrogen-bond acceptors (Lipinski definition) is 6. The number of carbonyl (C=O) groups excluding carboxylic acids is 1. The molecular formula is C19H14FN5O2S. The van der Waals surface area contributed by atoms with E-state index in [0.717, 1.165) is 10.5 Å². The van der Waals surface area contributed by atoms with E-state index < -0.39 is 11.7 Å². The summed E-state index contributed by atoms with van der Waals surface area (Å²) >= 11 is 1.45. The number of fused-ring (bicyclic) bond motifs is 1. The van der Waals surface area contributed by atoms with Crippen LogP contribution in [-0.2, 0) is 9.53 Å². The van der Waals surface area contributed by atoms with Gasteiger partial charge in [-0.1, -0.05) is 18.2 Å². The number of hydrogen-bond donors (Lipinski definition) is 2. The maximum absolute atomic E-state index is 13.2. The van der Waals surface area contributed by atoms with Gasteiger partial charge in [0.05, 0.1) is 5.69 Å². The van der Waals surface area contributed by atoms with Crippen LogP contribution in [0.1, 0.15) is 17.5 Å². The number of amides is 1. The van der Waals surface area contributed by atoms with E-state index in [2.05, 4.69) is 15.1 Å². The smallest absolute Gasteiger partial charge is 0.251 e. The van der Waals surface area contributed by atoms with Crippen molar-refractivity contribution in [1.29, 1.82) is 5.26 Å². The molecule has 0 radical (unpaired) electrons. The highest BCUT2D eigenvalue weighted by Crippen LogP contribution is 2.35. The van der Waals surface area contributed by atoms with Crippen molar-refractivity contribution in [1.82, 2.24) is 14.5 Å². The molecule has 1 amide bonds. The molecule has 4 rings (SSSR count). The van der Waals surface area contributed by atoms with Crippen molar-refractivity contribution in [3.05, 3.63) is 71.7 Å². The van der Waals surface area contributed by atoms with E-state index in [-0.39, 0.29) is 18.5 Å². The first-order valence-electron chi connectivity index (χ1n) is 8.33. The maximum Gasteiger partial charge on any atom is 0.251 e. The van der Waals surface area contributed by atoms with Crippen LogP contribution in [0.25, 0.3) is 5.69 Å². The molecule has 0 saturated heterocycles. The van der Waals surface area contributed by atoms with Crippen molar-refractivity contribution in [2.24, 2.45) is 0 Å². The molecule has 28 heavy (non-hydrogen) atoms. The number of nitriles is 1. The molecule has 0 fully saturated rings. The van der Waals surface area contributed by atoms with Gasteiger partial charge in [0.25, 0.3) is 5.91 Å². The van der Waals surface area contributed by atoms with E-state index in [4.69, 9.17) is 10.00 Å². The Morgan fingerprint density at radius 2 is 2.11 bits per heavy atom. The number of rotatable bonds is 5. The summed E-state index contributed by atoms with van der Waals surface area (Å²) in [6, 6.07) is 16.7. The number of ether oxygens (including phenoxy) is 1. The topological polar surface area (TPSA) is 92.0 Å². The lowest BCUT2D eigenvalue weighted by molar-refractivity contribution is -0.122. The highest BCUT2D eigenvalue weighted by atomic mass is 32.2. The Labute approximate surface area is 164 Å². The van der Waals surface area contributed by atoms with Crippen molar-refractivity contribution in [2.45, 2.75) is 11.1 Å². The van der Waals surface area contributed by atoms with Crippen LogP contribution in [0.2, 0.25) is 0 Å². The molecule has 0 saturated carbocycles. The maximum atomic E-state index is 13.2. The number of anilines is 1. The quantitative estimate of drug-likeness (QED) is 0.645. The molecule has 0 spiro atoms. The Morgan fingerprint density at radius 1 is 1.32 bits per heavy atom. The SMILES string of the molecule is N#Cc1cc(NC(=O)COC2NSc3ccccc32)n(-c2ccc(F)cc2)n1. The molecule has 1 aliphatic rings. The summed E-state index contributed by atoms with van der Waals surface area (Å²) in [5, 5.41) is 15.9. The summed E-state index contributed by atoms with van der Waals surface area (Å²) in [7, 11) is 0. The molecule has 1 unspecified atom stereocenters. The minimum Gasteiger partial charge on any atom is -0.348 e. The Balaban J connectivity index is 1.45. The lowest BCUT2D eigenvalue weighted by Crippen LogP contribution is -2.23. The Hall–Kier alpha value is -3.19. The fraction of sp³-hybridized carbons (Fsp3) is 0.105. The zero-order valence-corrected chi connectivity index (χ0v) is 15.2. The summed E-state index contributed by atoms with van der Waals surface area (Å²) in [5.74, 6) is -0.493. The third-order valence-corrected chi connectivity index (χ3v) is 4.94. The summed E-state index contributed by atoms with van der Waals surface area (Å²) in [6.45, 7) is -0.191. The monoisotopic (exact) mass is 395 g/mol. The highest BCUT2D eigenvalue weighted by molar-refractivity contribution is 7.97. The van der Waals surface area contributed by atoms with Crippen LogP contribution in [0.5, 0.6) is 0 Å². The third kappa shape index (κ3) is 3.75. The number of aromatic nitrogens is 2. The molecule has 2 aromatic carbocycles. The second-order valence-electron chi connectivity index (χ2n) is 5.91. The Kier molecular flexibility index (Phi) is 5.08. The van der Waals surface area contributed by atoms with E-state index in [9.17, 15) is 9.18 Å². The average molecular weight is 395 g/mol. The second-order valence-corrected chi connectivity index (χ2v) is 6.79. The number of nitrogens with one attached hydrogen (secondary N) is 2. The van der Waals surface area contributed by atoms with Gasteiger partial charge in [-0.05, 0) is 42.3 Å². The molecule has 9 heteroatoms. The van der Waals surface area contributed by atoms with Crippen LogP contribution < -0.4 is 10.0 Å². The Bertz CT molecular complexity index is 1060. The van der Waals surface area contributed by atoms with Crippen LogP contribution in [-0.4, -0.2) is 22.3 Å². The fourth-order valence-corrected chi connectivity index (χ4v) is 3.60. The molecule has 1 atom stereocenters. The molecular weight excluding hydrogens is 381 g/mol. The molecule has 0 bridgehead atoms. The van der Waals surface area contributed by atoms with Gasteiger partial charge in [-0.25, -0.2) is 13.8 Å². The largest absolute Gasteiger partial charge is 0.348 e. The van der Waals surface area contributed by atoms with Gasteiger partial charge in [-0.2, -0.15) is 10.4 Å². The molecule has 1 aliphatic heterocycles. The van der Waals surface area contributed by atoms with Gasteiger partial charge in [0.1, 0.15) is 30.5 Å². The lowest BCUT2D eigenvalue weighted by Gasteiger charge is -2.13. The zero-order chi connectivity index (χ0) is 19.5. The number of benzene rings is 2. The van der Waals surface area contributed by atoms with E-state index in [1.165, 1.54) is 47.0 Å². The van der Waals surface area contributed by atoms with E-state index in [1.54, 1.807) is 0 Å². The molecule has 0 aliphatic carbocycles. The lowest BCUT2D eigenvalue weighted by atomic mass is 10.2. The van der Waals surface area contributed by atoms with Crippen molar-refractivity contribution >= 4 is 23.7 Å². The van der Waals surface area contributed by atoms with Gasteiger partial charge >= 0.3 is 0 Å². The minimum absolute atomic E-state index is 0.128. The predicted molar refractivity (Wildman–Crippen MR) is 101 cm³/mol.